The van der Waals surface area contributed by atoms with Crippen LogP contribution in [0.2, 0.25) is 0 Å². The van der Waals surface area contributed by atoms with Gasteiger partial charge in [0.2, 0.25) is 11.0 Å². The number of carbonyl (C=O) groups excluding carboxylic acids is 1. The number of hydrogen-bond donors (Lipinski definition) is 1. The van der Waals surface area contributed by atoms with Crippen LogP contribution in [0.15, 0.2) is 42.5 Å². The Labute approximate surface area is 217 Å². The van der Waals surface area contributed by atoms with E-state index in [0.29, 0.717) is 43.9 Å². The number of benzene rings is 2. The van der Waals surface area contributed by atoms with E-state index in [-0.39, 0.29) is 11.9 Å². The van der Waals surface area contributed by atoms with Gasteiger partial charge in [-0.15, -0.1) is 0 Å². The zero-order chi connectivity index (χ0) is 25.9. The van der Waals surface area contributed by atoms with Crippen molar-refractivity contribution in [2.24, 2.45) is 0 Å². The topological polar surface area (TPSA) is 85.8 Å². The number of carbonyl (C=O) groups is 1. The molecule has 1 unspecified atom stereocenters. The van der Waals surface area contributed by atoms with Gasteiger partial charge >= 0.3 is 0 Å². The Morgan fingerprint density at radius 1 is 1.06 bits per heavy atom. The number of nitrogens with one attached hydrogen (secondary N) is 1. The third-order valence-corrected chi connectivity index (χ3v) is 6.88. The molecule has 1 amide bonds. The molecule has 0 aliphatic rings. The number of methoxy groups -OCH3 is 3. The molecule has 194 valence electrons. The van der Waals surface area contributed by atoms with Crippen LogP contribution in [0.4, 0.5) is 5.13 Å². The summed E-state index contributed by atoms with van der Waals surface area (Å²) in [5.74, 6) is 2.99. The van der Waals surface area contributed by atoms with Gasteiger partial charge in [0.15, 0.2) is 11.5 Å². The Bertz CT molecular complexity index is 1120. The number of amides is 1. The first-order chi connectivity index (χ1) is 17.5. The van der Waals surface area contributed by atoms with E-state index < -0.39 is 0 Å². The molecule has 0 aliphatic heterocycles. The van der Waals surface area contributed by atoms with Crippen molar-refractivity contribution in [1.29, 1.82) is 0 Å². The minimum atomic E-state index is 0.0184. The van der Waals surface area contributed by atoms with E-state index in [9.17, 15) is 4.79 Å². The first-order valence-corrected chi connectivity index (χ1v) is 12.9. The molecule has 1 aromatic heterocycles. The second kappa shape index (κ2) is 13.7. The van der Waals surface area contributed by atoms with Gasteiger partial charge in [-0.1, -0.05) is 25.1 Å². The van der Waals surface area contributed by atoms with Crippen LogP contribution in [0.25, 0.3) is 0 Å². The van der Waals surface area contributed by atoms with E-state index in [1.165, 1.54) is 11.5 Å². The van der Waals surface area contributed by atoms with Crippen molar-refractivity contribution in [1.82, 2.24) is 14.7 Å². The summed E-state index contributed by atoms with van der Waals surface area (Å²) in [4.78, 5) is 19.5. The molecule has 0 aliphatic carbocycles. The van der Waals surface area contributed by atoms with Gasteiger partial charge in [0, 0.05) is 43.5 Å². The molecule has 36 heavy (non-hydrogen) atoms. The predicted octanol–water partition coefficient (Wildman–Crippen LogP) is 4.51. The summed E-state index contributed by atoms with van der Waals surface area (Å²) in [6, 6.07) is 14.0. The maximum atomic E-state index is 12.6. The van der Waals surface area contributed by atoms with Crippen molar-refractivity contribution in [2.45, 2.75) is 45.6 Å². The minimum Gasteiger partial charge on any atom is -0.497 e. The Morgan fingerprint density at radius 3 is 2.58 bits per heavy atom. The molecule has 0 radical (unpaired) electrons. The van der Waals surface area contributed by atoms with Crippen LogP contribution in [0.1, 0.15) is 43.6 Å². The molecule has 3 rings (SSSR count). The molecular formula is C27H36N4O4S. The summed E-state index contributed by atoms with van der Waals surface area (Å²) >= 11 is 1.38. The van der Waals surface area contributed by atoms with Gasteiger partial charge in [0.25, 0.3) is 0 Å². The number of nitrogens with zero attached hydrogens (tertiary/aromatic N) is 3. The highest BCUT2D eigenvalue weighted by molar-refractivity contribution is 7.09. The van der Waals surface area contributed by atoms with Crippen molar-refractivity contribution in [3.05, 3.63) is 59.4 Å². The number of hydrogen-bond acceptors (Lipinski definition) is 8. The lowest BCUT2D eigenvalue weighted by molar-refractivity contribution is -0.120. The van der Waals surface area contributed by atoms with Gasteiger partial charge in [-0.05, 0) is 55.2 Å². The first kappa shape index (κ1) is 27.3. The second-order valence-corrected chi connectivity index (χ2v) is 9.24. The molecule has 0 fully saturated rings. The molecule has 9 heteroatoms. The predicted molar refractivity (Wildman–Crippen MR) is 144 cm³/mol. The lowest BCUT2D eigenvalue weighted by Gasteiger charge is -2.27. The average molecular weight is 513 g/mol. The third kappa shape index (κ3) is 7.58. The maximum absolute atomic E-state index is 12.6. The largest absolute Gasteiger partial charge is 0.497 e. The lowest BCUT2D eigenvalue weighted by Crippen LogP contribution is -2.37. The molecule has 0 saturated heterocycles. The fourth-order valence-corrected chi connectivity index (χ4v) is 4.63. The number of ether oxygens (including phenoxy) is 3. The number of anilines is 1. The zero-order valence-corrected chi connectivity index (χ0v) is 22.6. The Morgan fingerprint density at radius 2 is 1.86 bits per heavy atom. The summed E-state index contributed by atoms with van der Waals surface area (Å²) < 4.78 is 20.5. The lowest BCUT2D eigenvalue weighted by atomic mass is 10.1. The fourth-order valence-electron chi connectivity index (χ4n) is 3.82. The summed E-state index contributed by atoms with van der Waals surface area (Å²) in [5.41, 5.74) is 2.18. The highest BCUT2D eigenvalue weighted by atomic mass is 32.1. The summed E-state index contributed by atoms with van der Waals surface area (Å²) in [6.45, 7) is 5.43. The standard InChI is InChI=1S/C27H36N4O4S/c1-6-19(2)31(27-29-25(30-36-27)18-21-8-7-9-22(16-21)33-3)15-13-26(32)28-14-12-20-10-11-23(34-4)24(17-20)35-5/h7-11,16-17,19H,6,12-15,18H2,1-5H3,(H,28,32). The van der Waals surface area contributed by atoms with Crippen molar-refractivity contribution < 1.29 is 19.0 Å². The SMILES string of the molecule is CCC(C)N(CCC(=O)NCCc1ccc(OC)c(OC)c1)c1nc(Cc2cccc(OC)c2)ns1. The number of rotatable bonds is 14. The molecule has 0 saturated carbocycles. The van der Waals surface area contributed by atoms with Crippen molar-refractivity contribution in [3.63, 3.8) is 0 Å². The first-order valence-electron chi connectivity index (χ1n) is 12.2. The van der Waals surface area contributed by atoms with Crippen LogP contribution in [-0.2, 0) is 17.6 Å². The molecule has 8 nitrogen and oxygen atoms in total. The van der Waals surface area contributed by atoms with Gasteiger partial charge in [-0.2, -0.15) is 4.37 Å². The summed E-state index contributed by atoms with van der Waals surface area (Å²) in [6.07, 6.45) is 2.69. The molecule has 3 aromatic rings. The van der Waals surface area contributed by atoms with E-state index in [4.69, 9.17) is 19.2 Å². The second-order valence-electron chi connectivity index (χ2n) is 8.51. The van der Waals surface area contributed by atoms with E-state index in [2.05, 4.69) is 28.4 Å². The van der Waals surface area contributed by atoms with Crippen molar-refractivity contribution in [2.75, 3.05) is 39.3 Å². The average Bonchev–Trinajstić information content (AvgIpc) is 3.36. The Balaban J connectivity index is 1.53. The van der Waals surface area contributed by atoms with Gasteiger partial charge in [-0.3, -0.25) is 4.79 Å². The summed E-state index contributed by atoms with van der Waals surface area (Å²) in [5, 5.41) is 3.88. The van der Waals surface area contributed by atoms with Gasteiger partial charge < -0.3 is 24.4 Å². The van der Waals surface area contributed by atoms with Crippen LogP contribution in [0.3, 0.4) is 0 Å². The van der Waals surface area contributed by atoms with Crippen molar-refractivity contribution in [3.8, 4) is 17.2 Å². The van der Waals surface area contributed by atoms with Crippen LogP contribution in [0.5, 0.6) is 17.2 Å². The van der Waals surface area contributed by atoms with Crippen LogP contribution < -0.4 is 24.4 Å². The van der Waals surface area contributed by atoms with Crippen molar-refractivity contribution >= 4 is 22.6 Å². The van der Waals surface area contributed by atoms with E-state index in [1.807, 2.05) is 42.5 Å². The van der Waals surface area contributed by atoms with Crippen LogP contribution in [-0.4, -0.2) is 55.7 Å². The molecule has 2 aromatic carbocycles. The quantitative estimate of drug-likeness (QED) is 0.340. The van der Waals surface area contributed by atoms with E-state index in [1.54, 1.807) is 21.3 Å². The zero-order valence-electron chi connectivity index (χ0n) is 21.7. The fraction of sp³-hybridized carbons (Fsp3) is 0.444. The third-order valence-electron chi connectivity index (χ3n) is 6.09. The molecule has 1 heterocycles. The highest BCUT2D eigenvalue weighted by Crippen LogP contribution is 2.27. The Hall–Kier alpha value is -3.33. The van der Waals surface area contributed by atoms with Gasteiger partial charge in [0.1, 0.15) is 11.6 Å². The normalized spacial score (nSPS) is 11.6. The van der Waals surface area contributed by atoms with E-state index in [0.717, 1.165) is 34.3 Å². The molecule has 1 N–H and O–H groups in total. The smallest absolute Gasteiger partial charge is 0.221 e. The molecule has 1 atom stereocenters. The van der Waals surface area contributed by atoms with Gasteiger partial charge in [-0.25, -0.2) is 4.98 Å². The maximum Gasteiger partial charge on any atom is 0.221 e. The minimum absolute atomic E-state index is 0.0184. The molecule has 0 spiro atoms. The molecular weight excluding hydrogens is 476 g/mol. The number of aromatic nitrogens is 2. The van der Waals surface area contributed by atoms with Crippen LogP contribution >= 0.6 is 11.5 Å². The molecule has 0 bridgehead atoms. The van der Waals surface area contributed by atoms with E-state index >= 15 is 0 Å². The highest BCUT2D eigenvalue weighted by Gasteiger charge is 2.19. The monoisotopic (exact) mass is 512 g/mol. The van der Waals surface area contributed by atoms with Crippen LogP contribution in [0, 0.1) is 0 Å². The summed E-state index contributed by atoms with van der Waals surface area (Å²) in [7, 11) is 4.89. The van der Waals surface area contributed by atoms with Gasteiger partial charge in [0.05, 0.1) is 21.3 Å². The Kier molecular flexibility index (Phi) is 10.4.